The zero-order valence-electron chi connectivity index (χ0n) is 18.3. The molecule has 0 bridgehead atoms. The quantitative estimate of drug-likeness (QED) is 0.461. The molecule has 2 heterocycles. The van der Waals surface area contributed by atoms with Crippen LogP contribution in [0.4, 0.5) is 26.0 Å². The lowest BCUT2D eigenvalue weighted by molar-refractivity contribution is -0.122. The first-order valence-corrected chi connectivity index (χ1v) is 11.0. The number of hydrogen-bond acceptors (Lipinski definition) is 5. The standard InChI is InChI=1S/C25H20F2N4O4/c26-17-12-21(35-14-7-8-28-22(9-14)31-24(33)13-5-6-13)18(27)11-20(17)29-23(32)10-16-15-3-1-2-4-19(15)30-25(16)34/h1-4,7-9,11-13,16H,5-6,10H2,(H,29,32)(H,30,34)(H,28,31,33). The van der Waals surface area contributed by atoms with Gasteiger partial charge in [0, 0.05) is 42.4 Å². The lowest BCUT2D eigenvalue weighted by Gasteiger charge is -2.13. The number of nitrogens with one attached hydrogen (secondary N) is 3. The molecule has 2 aromatic carbocycles. The second kappa shape index (κ2) is 9.13. The number of aromatic nitrogens is 1. The van der Waals surface area contributed by atoms with Gasteiger partial charge in [0.1, 0.15) is 11.6 Å². The molecule has 1 saturated carbocycles. The van der Waals surface area contributed by atoms with Gasteiger partial charge in [0.2, 0.25) is 17.7 Å². The Kier molecular flexibility index (Phi) is 5.86. The highest BCUT2D eigenvalue weighted by Crippen LogP contribution is 2.35. The second-order valence-corrected chi connectivity index (χ2v) is 8.39. The van der Waals surface area contributed by atoms with Crippen LogP contribution in [-0.2, 0) is 14.4 Å². The molecular weight excluding hydrogens is 458 g/mol. The molecule has 1 aliphatic heterocycles. The van der Waals surface area contributed by atoms with E-state index in [1.807, 2.05) is 0 Å². The number of para-hydroxylation sites is 1. The predicted molar refractivity (Wildman–Crippen MR) is 123 cm³/mol. The molecule has 10 heteroatoms. The van der Waals surface area contributed by atoms with E-state index in [1.165, 1.54) is 18.3 Å². The lowest BCUT2D eigenvalue weighted by Crippen LogP contribution is -2.21. The average Bonchev–Trinajstić information content (AvgIpc) is 3.63. The summed E-state index contributed by atoms with van der Waals surface area (Å²) in [6, 6.07) is 11.4. The third kappa shape index (κ3) is 4.96. The molecule has 178 valence electrons. The number of rotatable bonds is 7. The summed E-state index contributed by atoms with van der Waals surface area (Å²) in [6.07, 6.45) is 2.81. The molecule has 1 aromatic heterocycles. The van der Waals surface area contributed by atoms with Crippen LogP contribution in [0.2, 0.25) is 0 Å². The molecular formula is C25H20F2N4O4. The molecule has 3 N–H and O–H groups in total. The molecule has 1 atom stereocenters. The van der Waals surface area contributed by atoms with E-state index in [9.17, 15) is 23.2 Å². The van der Waals surface area contributed by atoms with Crippen molar-refractivity contribution in [3.63, 3.8) is 0 Å². The third-order valence-electron chi connectivity index (χ3n) is 5.75. The maximum absolute atomic E-state index is 14.7. The van der Waals surface area contributed by atoms with Crippen LogP contribution in [0.1, 0.15) is 30.7 Å². The number of fused-ring (bicyclic) bond motifs is 1. The smallest absolute Gasteiger partial charge is 0.232 e. The average molecular weight is 478 g/mol. The van der Waals surface area contributed by atoms with Gasteiger partial charge in [0.15, 0.2) is 17.4 Å². The number of halogens is 2. The fourth-order valence-electron chi connectivity index (χ4n) is 3.81. The first kappa shape index (κ1) is 22.5. The number of amides is 3. The number of hydrogen-bond donors (Lipinski definition) is 3. The van der Waals surface area contributed by atoms with Gasteiger partial charge in [-0.15, -0.1) is 0 Å². The molecule has 2 aliphatic rings. The van der Waals surface area contributed by atoms with Gasteiger partial charge in [0.25, 0.3) is 0 Å². The SMILES string of the molecule is O=C(CC1C(=O)Nc2ccccc21)Nc1cc(F)c(Oc2ccnc(NC(=O)C3CC3)c2)cc1F. The molecule has 3 amide bonds. The van der Waals surface area contributed by atoms with Gasteiger partial charge >= 0.3 is 0 Å². The number of benzene rings is 2. The van der Waals surface area contributed by atoms with Crippen LogP contribution >= 0.6 is 0 Å². The number of ether oxygens (including phenoxy) is 1. The zero-order valence-corrected chi connectivity index (χ0v) is 18.3. The largest absolute Gasteiger partial charge is 0.454 e. The van der Waals surface area contributed by atoms with E-state index >= 15 is 0 Å². The zero-order chi connectivity index (χ0) is 24.5. The van der Waals surface area contributed by atoms with Crippen molar-refractivity contribution in [2.45, 2.75) is 25.2 Å². The molecule has 1 aliphatic carbocycles. The molecule has 1 unspecified atom stereocenters. The minimum Gasteiger partial charge on any atom is -0.454 e. The Morgan fingerprint density at radius 1 is 1.06 bits per heavy atom. The van der Waals surface area contributed by atoms with Crippen LogP contribution in [0.25, 0.3) is 0 Å². The van der Waals surface area contributed by atoms with Crippen molar-refractivity contribution in [3.05, 3.63) is 71.9 Å². The first-order chi connectivity index (χ1) is 16.9. The van der Waals surface area contributed by atoms with E-state index in [2.05, 4.69) is 20.9 Å². The fraction of sp³-hybridized carbons (Fsp3) is 0.200. The predicted octanol–water partition coefficient (Wildman–Crippen LogP) is 4.57. The maximum Gasteiger partial charge on any atom is 0.232 e. The fourth-order valence-corrected chi connectivity index (χ4v) is 3.81. The van der Waals surface area contributed by atoms with E-state index in [-0.39, 0.29) is 41.4 Å². The molecule has 8 nitrogen and oxygen atoms in total. The Hall–Kier alpha value is -4.34. The topological polar surface area (TPSA) is 109 Å². The van der Waals surface area contributed by atoms with E-state index in [0.29, 0.717) is 11.3 Å². The lowest BCUT2D eigenvalue weighted by atomic mass is 9.97. The summed E-state index contributed by atoms with van der Waals surface area (Å²) in [4.78, 5) is 40.6. The molecule has 5 rings (SSSR count). The Labute approximate surface area is 198 Å². The molecule has 1 fully saturated rings. The monoisotopic (exact) mass is 478 g/mol. The Bertz CT molecular complexity index is 1340. The van der Waals surface area contributed by atoms with E-state index in [4.69, 9.17) is 4.74 Å². The summed E-state index contributed by atoms with van der Waals surface area (Å²) in [5.74, 6) is -3.71. The van der Waals surface area contributed by atoms with Crippen molar-refractivity contribution in [1.29, 1.82) is 0 Å². The van der Waals surface area contributed by atoms with Crippen LogP contribution in [0.15, 0.2) is 54.7 Å². The first-order valence-electron chi connectivity index (χ1n) is 11.0. The van der Waals surface area contributed by atoms with Gasteiger partial charge < -0.3 is 20.7 Å². The van der Waals surface area contributed by atoms with Crippen LogP contribution in [0.5, 0.6) is 11.5 Å². The highest BCUT2D eigenvalue weighted by atomic mass is 19.1. The van der Waals surface area contributed by atoms with E-state index in [1.54, 1.807) is 24.3 Å². The minimum atomic E-state index is -0.915. The van der Waals surface area contributed by atoms with Crippen LogP contribution < -0.4 is 20.7 Å². The van der Waals surface area contributed by atoms with Gasteiger partial charge in [-0.05, 0) is 30.5 Å². The molecule has 35 heavy (non-hydrogen) atoms. The normalized spacial score (nSPS) is 16.3. The highest BCUT2D eigenvalue weighted by Gasteiger charge is 2.32. The van der Waals surface area contributed by atoms with Gasteiger partial charge in [-0.2, -0.15) is 0 Å². The van der Waals surface area contributed by atoms with E-state index in [0.717, 1.165) is 25.0 Å². The summed E-state index contributed by atoms with van der Waals surface area (Å²) in [6.45, 7) is 0. The van der Waals surface area contributed by atoms with Crippen molar-refractivity contribution in [1.82, 2.24) is 4.98 Å². The summed E-state index contributed by atoms with van der Waals surface area (Å²) >= 11 is 0. The van der Waals surface area contributed by atoms with Gasteiger partial charge in [-0.3, -0.25) is 14.4 Å². The molecule has 3 aromatic rings. The van der Waals surface area contributed by atoms with Crippen molar-refractivity contribution in [2.24, 2.45) is 5.92 Å². The van der Waals surface area contributed by atoms with Gasteiger partial charge in [-0.1, -0.05) is 18.2 Å². The third-order valence-corrected chi connectivity index (χ3v) is 5.75. The number of carbonyl (C=O) groups is 3. The molecule has 0 saturated heterocycles. The Morgan fingerprint density at radius 3 is 2.66 bits per heavy atom. The van der Waals surface area contributed by atoms with Crippen molar-refractivity contribution in [3.8, 4) is 11.5 Å². The molecule has 0 spiro atoms. The van der Waals surface area contributed by atoms with E-state index < -0.39 is 29.2 Å². The van der Waals surface area contributed by atoms with Crippen molar-refractivity contribution < 1.29 is 27.9 Å². The second-order valence-electron chi connectivity index (χ2n) is 8.39. The maximum atomic E-state index is 14.7. The molecule has 0 radical (unpaired) electrons. The Morgan fingerprint density at radius 2 is 1.86 bits per heavy atom. The number of pyridine rings is 1. The number of carbonyl (C=O) groups excluding carboxylic acids is 3. The van der Waals surface area contributed by atoms with Crippen LogP contribution in [0, 0.1) is 17.6 Å². The summed E-state index contributed by atoms with van der Waals surface area (Å²) in [7, 11) is 0. The summed E-state index contributed by atoms with van der Waals surface area (Å²) < 4.78 is 34.8. The van der Waals surface area contributed by atoms with Gasteiger partial charge in [0.05, 0.1) is 11.6 Å². The summed E-state index contributed by atoms with van der Waals surface area (Å²) in [5.41, 5.74) is 0.923. The van der Waals surface area contributed by atoms with Gasteiger partial charge in [-0.25, -0.2) is 13.8 Å². The van der Waals surface area contributed by atoms with Crippen LogP contribution in [0.3, 0.4) is 0 Å². The minimum absolute atomic E-state index is 0.0199. The number of nitrogens with zero attached hydrogens (tertiary/aromatic N) is 1. The number of anilines is 3. The van der Waals surface area contributed by atoms with Crippen molar-refractivity contribution >= 4 is 34.9 Å². The van der Waals surface area contributed by atoms with Crippen molar-refractivity contribution in [2.75, 3.05) is 16.0 Å². The van der Waals surface area contributed by atoms with Crippen LogP contribution in [-0.4, -0.2) is 22.7 Å². The highest BCUT2D eigenvalue weighted by molar-refractivity contribution is 6.06. The summed E-state index contributed by atoms with van der Waals surface area (Å²) in [5, 5.41) is 7.67. The Balaban J connectivity index is 1.25.